The molecule has 0 unspecified atom stereocenters. The zero-order chi connectivity index (χ0) is 21.0. The number of nitrogens with zero attached hydrogens (tertiary/aromatic N) is 2. The predicted molar refractivity (Wildman–Crippen MR) is 109 cm³/mol. The van der Waals surface area contributed by atoms with E-state index in [0.717, 1.165) is 11.1 Å². The lowest BCUT2D eigenvalue weighted by Crippen LogP contribution is -2.40. The molecule has 1 fully saturated rings. The van der Waals surface area contributed by atoms with Crippen LogP contribution in [0.5, 0.6) is 0 Å². The topological polar surface area (TPSA) is 102 Å². The van der Waals surface area contributed by atoms with Crippen LogP contribution in [0.4, 0.5) is 0 Å². The van der Waals surface area contributed by atoms with Gasteiger partial charge in [-0.3, -0.25) is 9.78 Å². The highest BCUT2D eigenvalue weighted by atomic mass is 32.2. The number of carbonyl (C=O) groups excluding carboxylic acids is 1. The molecule has 2 aromatic heterocycles. The van der Waals surface area contributed by atoms with Gasteiger partial charge in [-0.15, -0.1) is 0 Å². The maximum atomic E-state index is 12.7. The number of benzene rings is 1. The Hall–Kier alpha value is -3.01. The van der Waals surface area contributed by atoms with E-state index in [1.807, 2.05) is 12.1 Å². The third kappa shape index (κ3) is 4.43. The number of carbonyl (C=O) groups is 1. The number of sulfonamides is 1. The second-order valence-corrected chi connectivity index (χ2v) is 8.72. The van der Waals surface area contributed by atoms with Crippen molar-refractivity contribution in [1.82, 2.24) is 14.6 Å². The van der Waals surface area contributed by atoms with E-state index in [1.54, 1.807) is 24.7 Å². The molecule has 0 radical (unpaired) electrons. The summed E-state index contributed by atoms with van der Waals surface area (Å²) in [5.41, 5.74) is 2.03. The summed E-state index contributed by atoms with van der Waals surface area (Å²) < 4.78 is 37.3. The summed E-state index contributed by atoms with van der Waals surface area (Å²) in [5.74, 6) is 0.404. The number of aromatic nitrogens is 1. The van der Waals surface area contributed by atoms with Crippen molar-refractivity contribution < 1.29 is 22.4 Å². The van der Waals surface area contributed by atoms with Crippen molar-refractivity contribution in [2.45, 2.75) is 11.4 Å². The quantitative estimate of drug-likeness (QED) is 0.648. The monoisotopic (exact) mass is 427 g/mol. The first-order valence-electron chi connectivity index (χ1n) is 9.48. The van der Waals surface area contributed by atoms with Gasteiger partial charge in [-0.2, -0.15) is 4.31 Å². The summed E-state index contributed by atoms with van der Waals surface area (Å²) in [7, 11) is -3.58. The number of furan rings is 1. The Morgan fingerprint density at radius 3 is 2.57 bits per heavy atom. The fourth-order valence-corrected chi connectivity index (χ4v) is 4.57. The molecule has 0 atom stereocenters. The average molecular weight is 427 g/mol. The fraction of sp³-hybridized carbons (Fsp3) is 0.238. The maximum Gasteiger partial charge on any atom is 0.251 e. The lowest BCUT2D eigenvalue weighted by molar-refractivity contribution is 0.0730. The van der Waals surface area contributed by atoms with Crippen molar-refractivity contribution >= 4 is 15.9 Å². The van der Waals surface area contributed by atoms with E-state index in [4.69, 9.17) is 9.15 Å². The molecule has 9 heteroatoms. The van der Waals surface area contributed by atoms with Crippen LogP contribution in [-0.4, -0.2) is 49.9 Å². The van der Waals surface area contributed by atoms with Crippen LogP contribution in [0.15, 0.2) is 70.4 Å². The third-order valence-corrected chi connectivity index (χ3v) is 6.69. The molecule has 8 nitrogen and oxygen atoms in total. The summed E-state index contributed by atoms with van der Waals surface area (Å²) >= 11 is 0. The standard InChI is InChI=1S/C21H21N3O5S/c25-21(23-14-16-12-18(15-22-13-16)20-2-1-9-29-20)17-3-5-19(6-4-17)30(26,27)24-7-10-28-11-8-24/h1-6,9,12-13,15H,7-8,10-11,14H2,(H,23,25). The zero-order valence-electron chi connectivity index (χ0n) is 16.2. The van der Waals surface area contributed by atoms with Crippen molar-refractivity contribution in [2.75, 3.05) is 26.3 Å². The molecular weight excluding hydrogens is 406 g/mol. The van der Waals surface area contributed by atoms with Crippen molar-refractivity contribution in [3.05, 3.63) is 72.2 Å². The van der Waals surface area contributed by atoms with Crippen molar-refractivity contribution in [1.29, 1.82) is 0 Å². The number of amides is 1. The summed E-state index contributed by atoms with van der Waals surface area (Å²) in [4.78, 5) is 16.8. The highest BCUT2D eigenvalue weighted by molar-refractivity contribution is 7.89. The molecule has 1 aromatic carbocycles. The molecule has 1 aliphatic heterocycles. The number of pyridine rings is 1. The number of nitrogens with one attached hydrogen (secondary N) is 1. The molecule has 30 heavy (non-hydrogen) atoms. The van der Waals surface area contributed by atoms with Gasteiger partial charge in [-0.1, -0.05) is 0 Å². The number of ether oxygens (including phenoxy) is 1. The SMILES string of the molecule is O=C(NCc1cncc(-c2ccco2)c1)c1ccc(S(=O)(=O)N2CCOCC2)cc1. The van der Waals surface area contributed by atoms with Gasteiger partial charge >= 0.3 is 0 Å². The minimum Gasteiger partial charge on any atom is -0.464 e. The smallest absolute Gasteiger partial charge is 0.251 e. The molecule has 0 spiro atoms. The van der Waals surface area contributed by atoms with Gasteiger partial charge in [0.05, 0.1) is 24.4 Å². The number of rotatable bonds is 6. The van der Waals surface area contributed by atoms with E-state index >= 15 is 0 Å². The normalized spacial score (nSPS) is 15.1. The van der Waals surface area contributed by atoms with Gasteiger partial charge in [0.2, 0.25) is 10.0 Å². The third-order valence-electron chi connectivity index (χ3n) is 4.78. The molecule has 156 valence electrons. The van der Waals surface area contributed by atoms with Crippen LogP contribution in [0, 0.1) is 0 Å². The number of hydrogen-bond donors (Lipinski definition) is 1. The predicted octanol–water partition coefficient (Wildman–Crippen LogP) is 2.29. The fourth-order valence-electron chi connectivity index (χ4n) is 3.16. The summed E-state index contributed by atoms with van der Waals surface area (Å²) in [6.07, 6.45) is 4.95. The van der Waals surface area contributed by atoms with E-state index in [-0.39, 0.29) is 17.3 Å². The zero-order valence-corrected chi connectivity index (χ0v) is 17.0. The lowest BCUT2D eigenvalue weighted by Gasteiger charge is -2.26. The Balaban J connectivity index is 1.40. The van der Waals surface area contributed by atoms with Crippen molar-refractivity contribution in [2.24, 2.45) is 0 Å². The maximum absolute atomic E-state index is 12.7. The summed E-state index contributed by atoms with van der Waals surface area (Å²) in [6, 6.07) is 11.5. The van der Waals surface area contributed by atoms with E-state index in [9.17, 15) is 13.2 Å². The molecule has 1 N–H and O–H groups in total. The first-order valence-corrected chi connectivity index (χ1v) is 10.9. The Kier molecular flexibility index (Phi) is 5.93. The molecule has 3 heterocycles. The van der Waals surface area contributed by atoms with Gasteiger partial charge < -0.3 is 14.5 Å². The van der Waals surface area contributed by atoms with E-state index in [1.165, 1.54) is 28.6 Å². The van der Waals surface area contributed by atoms with Gasteiger partial charge in [0.15, 0.2) is 0 Å². The molecule has 0 aliphatic carbocycles. The van der Waals surface area contributed by atoms with E-state index in [2.05, 4.69) is 10.3 Å². The van der Waals surface area contributed by atoms with E-state index in [0.29, 0.717) is 37.6 Å². The van der Waals surface area contributed by atoms with Gasteiger partial charge in [0.25, 0.3) is 5.91 Å². The average Bonchev–Trinajstić information content (AvgIpc) is 3.33. The van der Waals surface area contributed by atoms with Crippen LogP contribution >= 0.6 is 0 Å². The van der Waals surface area contributed by atoms with Crippen LogP contribution in [0.2, 0.25) is 0 Å². The molecule has 4 rings (SSSR count). The molecule has 1 amide bonds. The second-order valence-electron chi connectivity index (χ2n) is 6.78. The Labute approximate surface area is 174 Å². The summed E-state index contributed by atoms with van der Waals surface area (Å²) in [5, 5.41) is 2.82. The lowest BCUT2D eigenvalue weighted by atomic mass is 10.1. The highest BCUT2D eigenvalue weighted by Crippen LogP contribution is 2.20. The molecule has 1 aliphatic rings. The first-order chi connectivity index (χ1) is 14.5. The molecular formula is C21H21N3O5S. The highest BCUT2D eigenvalue weighted by Gasteiger charge is 2.26. The van der Waals surface area contributed by atoms with Gasteiger partial charge in [0, 0.05) is 43.2 Å². The van der Waals surface area contributed by atoms with Gasteiger partial charge in [-0.05, 0) is 48.0 Å². The van der Waals surface area contributed by atoms with Crippen LogP contribution in [0.3, 0.4) is 0 Å². The molecule has 3 aromatic rings. The molecule has 0 saturated carbocycles. The van der Waals surface area contributed by atoms with Crippen molar-refractivity contribution in [3.8, 4) is 11.3 Å². The second kappa shape index (κ2) is 8.78. The Morgan fingerprint density at radius 1 is 1.10 bits per heavy atom. The van der Waals surface area contributed by atoms with E-state index < -0.39 is 10.0 Å². The minimum absolute atomic E-state index is 0.163. The van der Waals surface area contributed by atoms with Crippen LogP contribution in [0.25, 0.3) is 11.3 Å². The first kappa shape index (κ1) is 20.3. The summed E-state index contributed by atoms with van der Waals surface area (Å²) in [6.45, 7) is 1.71. The molecule has 0 bridgehead atoms. The van der Waals surface area contributed by atoms with Crippen LogP contribution in [-0.2, 0) is 21.3 Å². The minimum atomic E-state index is -3.58. The Bertz CT molecular complexity index is 1110. The van der Waals surface area contributed by atoms with Crippen LogP contribution < -0.4 is 5.32 Å². The largest absolute Gasteiger partial charge is 0.464 e. The van der Waals surface area contributed by atoms with Crippen molar-refractivity contribution in [3.63, 3.8) is 0 Å². The number of hydrogen-bond acceptors (Lipinski definition) is 6. The van der Waals surface area contributed by atoms with Crippen LogP contribution in [0.1, 0.15) is 15.9 Å². The molecule has 1 saturated heterocycles. The number of morpholine rings is 1. The Morgan fingerprint density at radius 2 is 1.87 bits per heavy atom. The van der Waals surface area contributed by atoms with Gasteiger partial charge in [0.1, 0.15) is 5.76 Å². The van der Waals surface area contributed by atoms with Gasteiger partial charge in [-0.25, -0.2) is 8.42 Å².